The van der Waals surface area contributed by atoms with E-state index in [1.165, 1.54) is 21.3 Å². The Balaban J connectivity index is 4.14. The molecule has 0 saturated carbocycles. The Morgan fingerprint density at radius 1 is 0.933 bits per heavy atom. The third-order valence-corrected chi connectivity index (χ3v) is 1.97. The molecule has 6 heteroatoms. The standard InChI is InChI=1S/C9H20O6/c1-12-6-9(14-3)15-8(5-11)7(4-10)13-2/h7-11H,4-6H2,1-3H3/t7-,8-,9+/m1/s1. The first-order chi connectivity index (χ1) is 7.23. The molecular weight excluding hydrogens is 204 g/mol. The minimum atomic E-state index is -0.639. The highest BCUT2D eigenvalue weighted by Gasteiger charge is 2.24. The van der Waals surface area contributed by atoms with E-state index in [4.69, 9.17) is 29.2 Å². The first kappa shape index (κ1) is 14.8. The van der Waals surface area contributed by atoms with Gasteiger partial charge in [-0.1, -0.05) is 0 Å². The SMILES string of the molecule is COC[C@@H](OC)O[C@H](CO)[C@@H](CO)OC. The van der Waals surface area contributed by atoms with Crippen molar-refractivity contribution in [2.24, 2.45) is 0 Å². The number of aliphatic hydroxyl groups is 2. The molecule has 0 heterocycles. The van der Waals surface area contributed by atoms with Gasteiger partial charge in [0.15, 0.2) is 6.29 Å². The van der Waals surface area contributed by atoms with Gasteiger partial charge in [-0.05, 0) is 0 Å². The fourth-order valence-corrected chi connectivity index (χ4v) is 1.09. The number of aliphatic hydroxyl groups excluding tert-OH is 2. The molecule has 0 unspecified atom stereocenters. The number of rotatable bonds is 9. The van der Waals surface area contributed by atoms with Crippen molar-refractivity contribution < 1.29 is 29.2 Å². The Kier molecular flexibility index (Phi) is 8.88. The van der Waals surface area contributed by atoms with Crippen molar-refractivity contribution in [2.45, 2.75) is 18.5 Å². The predicted octanol–water partition coefficient (Wildman–Crippen LogP) is -1.01. The van der Waals surface area contributed by atoms with Crippen LogP contribution < -0.4 is 0 Å². The van der Waals surface area contributed by atoms with Crippen molar-refractivity contribution in [3.63, 3.8) is 0 Å². The van der Waals surface area contributed by atoms with Crippen molar-refractivity contribution in [2.75, 3.05) is 41.2 Å². The van der Waals surface area contributed by atoms with Gasteiger partial charge in [0.1, 0.15) is 12.2 Å². The zero-order valence-electron chi connectivity index (χ0n) is 9.38. The van der Waals surface area contributed by atoms with Crippen LogP contribution in [-0.2, 0) is 18.9 Å². The van der Waals surface area contributed by atoms with Crippen LogP contribution in [0.15, 0.2) is 0 Å². The van der Waals surface area contributed by atoms with E-state index in [2.05, 4.69) is 0 Å². The molecule has 0 aliphatic heterocycles. The molecule has 0 aliphatic carbocycles. The Hall–Kier alpha value is -0.240. The molecule has 2 N–H and O–H groups in total. The molecule has 0 rings (SSSR count). The summed E-state index contributed by atoms with van der Waals surface area (Å²) in [5.41, 5.74) is 0. The van der Waals surface area contributed by atoms with Gasteiger partial charge in [0.05, 0.1) is 19.8 Å². The van der Waals surface area contributed by atoms with Crippen molar-refractivity contribution in [1.29, 1.82) is 0 Å². The van der Waals surface area contributed by atoms with Gasteiger partial charge in [0, 0.05) is 21.3 Å². The molecule has 0 aromatic heterocycles. The van der Waals surface area contributed by atoms with E-state index in [0.29, 0.717) is 0 Å². The lowest BCUT2D eigenvalue weighted by molar-refractivity contribution is -0.213. The number of methoxy groups -OCH3 is 3. The van der Waals surface area contributed by atoms with Gasteiger partial charge >= 0.3 is 0 Å². The molecular formula is C9H20O6. The Bertz CT molecular complexity index is 139. The minimum absolute atomic E-state index is 0.231. The van der Waals surface area contributed by atoms with Crippen molar-refractivity contribution in [3.8, 4) is 0 Å². The van der Waals surface area contributed by atoms with Crippen LogP contribution in [0.3, 0.4) is 0 Å². The van der Waals surface area contributed by atoms with Crippen LogP contribution in [0.5, 0.6) is 0 Å². The fraction of sp³-hybridized carbons (Fsp3) is 1.00. The van der Waals surface area contributed by atoms with Crippen LogP contribution in [0.1, 0.15) is 0 Å². The molecule has 0 amide bonds. The van der Waals surface area contributed by atoms with Crippen LogP contribution in [0, 0.1) is 0 Å². The van der Waals surface area contributed by atoms with Crippen LogP contribution in [0.4, 0.5) is 0 Å². The van der Waals surface area contributed by atoms with E-state index in [1.54, 1.807) is 0 Å². The highest BCUT2D eigenvalue weighted by Crippen LogP contribution is 2.07. The average Bonchev–Trinajstić information content (AvgIpc) is 2.27. The van der Waals surface area contributed by atoms with Crippen molar-refractivity contribution in [3.05, 3.63) is 0 Å². The van der Waals surface area contributed by atoms with Gasteiger partial charge < -0.3 is 29.2 Å². The van der Waals surface area contributed by atoms with Gasteiger partial charge in [-0.25, -0.2) is 0 Å². The summed E-state index contributed by atoms with van der Waals surface area (Å²) in [6.07, 6.45) is -1.80. The van der Waals surface area contributed by atoms with E-state index in [9.17, 15) is 0 Å². The number of hydrogen-bond acceptors (Lipinski definition) is 6. The maximum absolute atomic E-state index is 9.06. The smallest absolute Gasteiger partial charge is 0.181 e. The molecule has 0 bridgehead atoms. The third kappa shape index (κ3) is 5.41. The zero-order chi connectivity index (χ0) is 11.7. The molecule has 92 valence electrons. The molecule has 6 nitrogen and oxygen atoms in total. The largest absolute Gasteiger partial charge is 0.394 e. The average molecular weight is 224 g/mol. The summed E-state index contributed by atoms with van der Waals surface area (Å²) in [6, 6.07) is 0. The Labute approximate surface area is 89.7 Å². The summed E-state index contributed by atoms with van der Waals surface area (Å²) in [7, 11) is 4.42. The van der Waals surface area contributed by atoms with Gasteiger partial charge in [0.2, 0.25) is 0 Å². The lowest BCUT2D eigenvalue weighted by atomic mass is 10.2. The first-order valence-corrected chi connectivity index (χ1v) is 4.65. The van der Waals surface area contributed by atoms with Gasteiger partial charge in [-0.15, -0.1) is 0 Å². The van der Waals surface area contributed by atoms with E-state index in [0.717, 1.165) is 0 Å². The molecule has 15 heavy (non-hydrogen) atoms. The highest BCUT2D eigenvalue weighted by atomic mass is 16.7. The fourth-order valence-electron chi connectivity index (χ4n) is 1.09. The third-order valence-electron chi connectivity index (χ3n) is 1.97. The Morgan fingerprint density at radius 2 is 1.53 bits per heavy atom. The molecule has 0 radical (unpaired) electrons. The summed E-state index contributed by atoms with van der Waals surface area (Å²) < 4.78 is 20.1. The van der Waals surface area contributed by atoms with Crippen molar-refractivity contribution >= 4 is 0 Å². The first-order valence-electron chi connectivity index (χ1n) is 4.65. The van der Waals surface area contributed by atoms with E-state index in [-0.39, 0.29) is 19.8 Å². The van der Waals surface area contributed by atoms with E-state index < -0.39 is 18.5 Å². The second kappa shape index (κ2) is 9.02. The van der Waals surface area contributed by atoms with Crippen molar-refractivity contribution in [1.82, 2.24) is 0 Å². The molecule has 0 spiro atoms. The van der Waals surface area contributed by atoms with Crippen LogP contribution in [0.2, 0.25) is 0 Å². The molecule has 0 aromatic carbocycles. The van der Waals surface area contributed by atoms with Gasteiger partial charge in [0.25, 0.3) is 0 Å². The topological polar surface area (TPSA) is 77.4 Å². The summed E-state index contributed by atoms with van der Waals surface area (Å²) >= 11 is 0. The zero-order valence-corrected chi connectivity index (χ0v) is 9.38. The quantitative estimate of drug-likeness (QED) is 0.489. The second-order valence-electron chi connectivity index (χ2n) is 2.93. The van der Waals surface area contributed by atoms with E-state index >= 15 is 0 Å². The Morgan fingerprint density at radius 3 is 1.87 bits per heavy atom. The molecule has 0 aromatic rings. The van der Waals surface area contributed by atoms with Crippen LogP contribution in [0.25, 0.3) is 0 Å². The molecule has 0 saturated heterocycles. The summed E-state index contributed by atoms with van der Waals surface area (Å²) in [4.78, 5) is 0. The predicted molar refractivity (Wildman–Crippen MR) is 52.5 cm³/mol. The van der Waals surface area contributed by atoms with Crippen LogP contribution >= 0.6 is 0 Å². The van der Waals surface area contributed by atoms with Crippen LogP contribution in [-0.4, -0.2) is 69.9 Å². The minimum Gasteiger partial charge on any atom is -0.394 e. The molecule has 0 aliphatic rings. The van der Waals surface area contributed by atoms with E-state index in [1.807, 2.05) is 0 Å². The lowest BCUT2D eigenvalue weighted by Crippen LogP contribution is -2.41. The summed E-state index contributed by atoms with van der Waals surface area (Å²) in [5.74, 6) is 0. The highest BCUT2D eigenvalue weighted by molar-refractivity contribution is 4.69. The maximum Gasteiger partial charge on any atom is 0.181 e. The number of hydrogen-bond donors (Lipinski definition) is 2. The number of ether oxygens (including phenoxy) is 4. The van der Waals surface area contributed by atoms with Gasteiger partial charge in [-0.3, -0.25) is 0 Å². The summed E-state index contributed by atoms with van der Waals surface area (Å²) in [6.45, 7) is -0.247. The monoisotopic (exact) mass is 224 g/mol. The molecule has 0 fully saturated rings. The second-order valence-corrected chi connectivity index (χ2v) is 2.93. The maximum atomic E-state index is 9.06. The lowest BCUT2D eigenvalue weighted by Gasteiger charge is -2.26. The normalized spacial score (nSPS) is 17.4. The summed E-state index contributed by atoms with van der Waals surface area (Å²) in [5, 5.41) is 18.0. The van der Waals surface area contributed by atoms with Gasteiger partial charge in [-0.2, -0.15) is 0 Å². The molecule has 3 atom stereocenters.